The summed E-state index contributed by atoms with van der Waals surface area (Å²) in [6, 6.07) is 11.8. The molecule has 0 aliphatic heterocycles. The number of rotatable bonds is 12. The van der Waals surface area contributed by atoms with Crippen LogP contribution in [0, 0.1) is 0 Å². The SMILES string of the molecule is CCCC/C(=C\C=C\C(=O)NCCOCc1cccnc1)c1ccc(OC)cc1. The van der Waals surface area contributed by atoms with Crippen LogP contribution in [0.3, 0.4) is 0 Å². The molecule has 0 atom stereocenters. The van der Waals surface area contributed by atoms with Gasteiger partial charge >= 0.3 is 0 Å². The van der Waals surface area contributed by atoms with E-state index in [0.717, 1.165) is 36.1 Å². The van der Waals surface area contributed by atoms with Crippen LogP contribution in [0.15, 0.2) is 67.0 Å². The summed E-state index contributed by atoms with van der Waals surface area (Å²) in [6.45, 7) is 3.59. The van der Waals surface area contributed by atoms with Gasteiger partial charge in [-0.05, 0) is 47.7 Å². The number of allylic oxidation sites excluding steroid dienone is 3. The number of pyridine rings is 1. The normalized spacial score (nSPS) is 11.6. The maximum atomic E-state index is 12.0. The molecule has 0 saturated carbocycles. The van der Waals surface area contributed by atoms with E-state index in [2.05, 4.69) is 17.2 Å². The second-order valence-electron chi connectivity index (χ2n) is 6.59. The fourth-order valence-corrected chi connectivity index (χ4v) is 2.73. The number of carbonyl (C=O) groups is 1. The van der Waals surface area contributed by atoms with Crippen molar-refractivity contribution in [2.75, 3.05) is 20.3 Å². The van der Waals surface area contributed by atoms with Crippen LogP contribution < -0.4 is 10.1 Å². The minimum absolute atomic E-state index is 0.129. The van der Waals surface area contributed by atoms with Gasteiger partial charge in [0.2, 0.25) is 5.91 Å². The Morgan fingerprint density at radius 2 is 2.03 bits per heavy atom. The molecule has 2 aromatic rings. The molecule has 0 fully saturated rings. The van der Waals surface area contributed by atoms with Gasteiger partial charge in [-0.25, -0.2) is 0 Å². The molecule has 0 radical (unpaired) electrons. The second-order valence-corrected chi connectivity index (χ2v) is 6.59. The number of methoxy groups -OCH3 is 1. The molecule has 1 heterocycles. The molecular formula is C24H30N2O3. The average molecular weight is 395 g/mol. The second kappa shape index (κ2) is 13.3. The smallest absolute Gasteiger partial charge is 0.244 e. The molecule has 1 aromatic heterocycles. The van der Waals surface area contributed by atoms with E-state index in [1.165, 1.54) is 5.57 Å². The number of aromatic nitrogens is 1. The van der Waals surface area contributed by atoms with Gasteiger partial charge in [0.05, 0.1) is 20.3 Å². The predicted octanol–water partition coefficient (Wildman–Crippen LogP) is 4.55. The number of carbonyl (C=O) groups excluding carboxylic acids is 1. The van der Waals surface area contributed by atoms with Crippen molar-refractivity contribution in [1.82, 2.24) is 10.3 Å². The Kier molecular flexibility index (Phi) is 10.3. The Morgan fingerprint density at radius 3 is 2.72 bits per heavy atom. The summed E-state index contributed by atoms with van der Waals surface area (Å²) >= 11 is 0. The molecule has 154 valence electrons. The van der Waals surface area contributed by atoms with Crippen LogP contribution in [-0.4, -0.2) is 31.2 Å². The van der Waals surface area contributed by atoms with Crippen LogP contribution in [0.4, 0.5) is 0 Å². The lowest BCUT2D eigenvalue weighted by atomic mass is 9.99. The zero-order valence-corrected chi connectivity index (χ0v) is 17.3. The van der Waals surface area contributed by atoms with Crippen molar-refractivity contribution in [1.29, 1.82) is 0 Å². The number of nitrogens with zero attached hydrogens (tertiary/aromatic N) is 1. The van der Waals surface area contributed by atoms with Crippen LogP contribution in [-0.2, 0) is 16.1 Å². The standard InChI is InChI=1S/C24H30N2O3/c1-3-4-8-21(22-11-13-23(28-2)14-12-22)9-5-10-24(27)26-16-17-29-19-20-7-6-15-25-18-20/h5-7,9-15,18H,3-4,8,16-17,19H2,1-2H3,(H,26,27)/b10-5+,21-9+. The van der Waals surface area contributed by atoms with E-state index in [0.29, 0.717) is 19.8 Å². The van der Waals surface area contributed by atoms with Crippen molar-refractivity contribution in [2.45, 2.75) is 32.8 Å². The van der Waals surface area contributed by atoms with E-state index < -0.39 is 0 Å². The van der Waals surface area contributed by atoms with Gasteiger partial charge in [-0.15, -0.1) is 0 Å². The Balaban J connectivity index is 1.79. The summed E-state index contributed by atoms with van der Waals surface area (Å²) in [5.41, 5.74) is 3.37. The van der Waals surface area contributed by atoms with Gasteiger partial charge in [-0.2, -0.15) is 0 Å². The summed E-state index contributed by atoms with van der Waals surface area (Å²) in [7, 11) is 1.66. The van der Waals surface area contributed by atoms with E-state index in [1.54, 1.807) is 31.7 Å². The molecule has 2 rings (SSSR count). The molecule has 1 N–H and O–H groups in total. The van der Waals surface area contributed by atoms with Crippen molar-refractivity contribution in [2.24, 2.45) is 0 Å². The highest BCUT2D eigenvalue weighted by Crippen LogP contribution is 2.23. The van der Waals surface area contributed by atoms with Crippen molar-refractivity contribution < 1.29 is 14.3 Å². The van der Waals surface area contributed by atoms with Crippen molar-refractivity contribution in [3.05, 3.63) is 78.1 Å². The maximum Gasteiger partial charge on any atom is 0.244 e. The quantitative estimate of drug-likeness (QED) is 0.326. The highest BCUT2D eigenvalue weighted by atomic mass is 16.5. The fourth-order valence-electron chi connectivity index (χ4n) is 2.73. The Hall–Kier alpha value is -2.92. The molecule has 0 aliphatic carbocycles. The third kappa shape index (κ3) is 8.75. The number of ether oxygens (including phenoxy) is 2. The lowest BCUT2D eigenvalue weighted by molar-refractivity contribution is -0.116. The van der Waals surface area contributed by atoms with Gasteiger partial charge in [0.25, 0.3) is 0 Å². The molecule has 1 amide bonds. The Labute approximate surface area is 173 Å². The van der Waals surface area contributed by atoms with Crippen LogP contribution >= 0.6 is 0 Å². The number of hydrogen-bond acceptors (Lipinski definition) is 4. The third-order valence-electron chi connectivity index (χ3n) is 4.34. The van der Waals surface area contributed by atoms with Crippen molar-refractivity contribution in [3.63, 3.8) is 0 Å². The maximum absolute atomic E-state index is 12.0. The van der Waals surface area contributed by atoms with E-state index in [1.807, 2.05) is 42.5 Å². The highest BCUT2D eigenvalue weighted by Gasteiger charge is 2.02. The molecule has 29 heavy (non-hydrogen) atoms. The zero-order chi connectivity index (χ0) is 20.7. The molecule has 0 saturated heterocycles. The van der Waals surface area contributed by atoms with Gasteiger partial charge in [0.1, 0.15) is 5.75 Å². The van der Waals surface area contributed by atoms with Gasteiger partial charge in [0.15, 0.2) is 0 Å². The summed E-state index contributed by atoms with van der Waals surface area (Å²) in [6.07, 6.45) is 12.1. The largest absolute Gasteiger partial charge is 0.497 e. The minimum atomic E-state index is -0.129. The molecule has 0 bridgehead atoms. The first-order valence-electron chi connectivity index (χ1n) is 9.99. The lowest BCUT2D eigenvalue weighted by Gasteiger charge is -2.08. The molecule has 0 aliphatic rings. The molecule has 5 nitrogen and oxygen atoms in total. The lowest BCUT2D eigenvalue weighted by Crippen LogP contribution is -2.25. The monoisotopic (exact) mass is 394 g/mol. The molecular weight excluding hydrogens is 364 g/mol. The average Bonchev–Trinajstić information content (AvgIpc) is 2.76. The van der Waals surface area contributed by atoms with Gasteiger partial charge in [-0.1, -0.05) is 43.7 Å². The number of nitrogens with one attached hydrogen (secondary N) is 1. The molecule has 0 spiro atoms. The Morgan fingerprint density at radius 1 is 1.21 bits per heavy atom. The van der Waals surface area contributed by atoms with Crippen LogP contribution in [0.2, 0.25) is 0 Å². The summed E-state index contributed by atoms with van der Waals surface area (Å²) in [5.74, 6) is 0.708. The number of hydrogen-bond donors (Lipinski definition) is 1. The van der Waals surface area contributed by atoms with Crippen molar-refractivity contribution in [3.8, 4) is 5.75 Å². The van der Waals surface area contributed by atoms with Crippen LogP contribution in [0.1, 0.15) is 37.3 Å². The van der Waals surface area contributed by atoms with E-state index in [4.69, 9.17) is 9.47 Å². The van der Waals surface area contributed by atoms with Gasteiger partial charge in [-0.3, -0.25) is 9.78 Å². The topological polar surface area (TPSA) is 60.5 Å². The minimum Gasteiger partial charge on any atom is -0.497 e. The third-order valence-corrected chi connectivity index (χ3v) is 4.34. The predicted molar refractivity (Wildman–Crippen MR) is 117 cm³/mol. The van der Waals surface area contributed by atoms with E-state index in [-0.39, 0.29) is 5.91 Å². The zero-order valence-electron chi connectivity index (χ0n) is 17.3. The van der Waals surface area contributed by atoms with Crippen LogP contribution in [0.5, 0.6) is 5.75 Å². The summed E-state index contributed by atoms with van der Waals surface area (Å²) < 4.78 is 10.8. The summed E-state index contributed by atoms with van der Waals surface area (Å²) in [4.78, 5) is 16.0. The first-order chi connectivity index (χ1) is 14.2. The first kappa shape index (κ1) is 22.4. The summed E-state index contributed by atoms with van der Waals surface area (Å²) in [5, 5.41) is 2.83. The first-order valence-corrected chi connectivity index (χ1v) is 9.99. The van der Waals surface area contributed by atoms with Gasteiger partial charge in [0, 0.05) is 25.0 Å². The molecule has 1 aromatic carbocycles. The fraction of sp³-hybridized carbons (Fsp3) is 0.333. The molecule has 0 unspecified atom stereocenters. The van der Waals surface area contributed by atoms with E-state index >= 15 is 0 Å². The van der Waals surface area contributed by atoms with Crippen molar-refractivity contribution >= 4 is 11.5 Å². The number of unbranched alkanes of at least 4 members (excludes halogenated alkanes) is 1. The number of benzene rings is 1. The molecule has 5 heteroatoms. The van der Waals surface area contributed by atoms with Gasteiger partial charge < -0.3 is 14.8 Å². The number of amides is 1. The highest BCUT2D eigenvalue weighted by molar-refractivity contribution is 5.88. The van der Waals surface area contributed by atoms with Crippen LogP contribution in [0.25, 0.3) is 5.57 Å². The Bertz CT molecular complexity index is 784. The van der Waals surface area contributed by atoms with E-state index in [9.17, 15) is 4.79 Å².